The Hall–Kier alpha value is -1.85. The molecule has 1 heterocycles. The van der Waals surface area contributed by atoms with Crippen molar-refractivity contribution in [3.63, 3.8) is 0 Å². The molecule has 0 aromatic heterocycles. The number of carbonyl (C=O) groups excluding carboxylic acids is 1. The van der Waals surface area contributed by atoms with Crippen LogP contribution in [0.25, 0.3) is 0 Å². The van der Waals surface area contributed by atoms with Crippen molar-refractivity contribution in [3.8, 4) is 0 Å². The molecule has 1 fully saturated rings. The van der Waals surface area contributed by atoms with E-state index in [0.717, 1.165) is 57.8 Å². The predicted molar refractivity (Wildman–Crippen MR) is 272 cm³/mol. The molecule has 1 amide bonds. The van der Waals surface area contributed by atoms with Crippen LogP contribution in [0.2, 0.25) is 0 Å². The monoisotopic (exact) mass is 918 g/mol. The van der Waals surface area contributed by atoms with Crippen LogP contribution in [0.15, 0.2) is 48.6 Å². The lowest BCUT2D eigenvalue weighted by atomic mass is 9.99. The van der Waals surface area contributed by atoms with Gasteiger partial charge in [-0.2, -0.15) is 0 Å². The molecule has 0 saturated carbocycles. The highest BCUT2D eigenvalue weighted by atomic mass is 16.7. The van der Waals surface area contributed by atoms with Crippen molar-refractivity contribution in [2.75, 3.05) is 13.2 Å². The first-order chi connectivity index (χ1) is 31.8. The molecule has 1 rings (SSSR count). The van der Waals surface area contributed by atoms with Gasteiger partial charge in [0, 0.05) is 6.42 Å². The first-order valence-electron chi connectivity index (χ1n) is 27.4. The average Bonchev–Trinajstić information content (AvgIpc) is 3.31. The Bertz CT molecular complexity index is 1160. The number of unbranched alkanes of at least 4 members (excludes halogenated alkanes) is 30. The molecule has 0 spiro atoms. The molecule has 7 unspecified atom stereocenters. The van der Waals surface area contributed by atoms with Gasteiger partial charge in [-0.1, -0.05) is 217 Å². The molecular formula is C56H103NO8. The van der Waals surface area contributed by atoms with E-state index < -0.39 is 49.5 Å². The van der Waals surface area contributed by atoms with Gasteiger partial charge in [0.15, 0.2) is 6.29 Å². The van der Waals surface area contributed by atoms with E-state index in [4.69, 9.17) is 9.47 Å². The van der Waals surface area contributed by atoms with Crippen LogP contribution in [-0.4, -0.2) is 87.5 Å². The van der Waals surface area contributed by atoms with Gasteiger partial charge in [-0.15, -0.1) is 0 Å². The number of ether oxygens (including phenoxy) is 2. The molecule has 380 valence electrons. The number of rotatable bonds is 46. The first kappa shape index (κ1) is 61.2. The van der Waals surface area contributed by atoms with Crippen molar-refractivity contribution < 1.29 is 39.8 Å². The maximum Gasteiger partial charge on any atom is 0.220 e. The van der Waals surface area contributed by atoms with Gasteiger partial charge in [0.2, 0.25) is 5.91 Å². The number of aliphatic hydroxyl groups is 5. The van der Waals surface area contributed by atoms with Crippen molar-refractivity contribution in [1.82, 2.24) is 5.32 Å². The van der Waals surface area contributed by atoms with Gasteiger partial charge in [-0.3, -0.25) is 4.79 Å². The van der Waals surface area contributed by atoms with Crippen LogP contribution in [0.3, 0.4) is 0 Å². The van der Waals surface area contributed by atoms with Crippen LogP contribution in [0.4, 0.5) is 0 Å². The fourth-order valence-electron chi connectivity index (χ4n) is 8.48. The molecule has 65 heavy (non-hydrogen) atoms. The minimum Gasteiger partial charge on any atom is -0.394 e. The summed E-state index contributed by atoms with van der Waals surface area (Å²) in [6, 6.07) is -0.831. The molecular weight excluding hydrogens is 815 g/mol. The first-order valence-corrected chi connectivity index (χ1v) is 27.4. The Morgan fingerprint density at radius 1 is 0.508 bits per heavy atom. The standard InChI is InChI=1S/C56H103NO8/c1-3-5-7-9-11-13-15-17-19-21-23-24-25-26-28-29-31-33-35-37-39-41-43-45-50(59)49(48-64-56-55(63)54(62)53(61)51(47-58)65-56)57-52(60)46-44-42-40-38-36-34-32-30-27-22-20-18-16-14-12-10-8-6-4-2/h22,27-29,35,37,43,45,49-51,53-56,58-59,61-63H,3-21,23-26,30-34,36,38-42,44,46-48H2,1-2H3,(H,57,60)/b27-22-,29-28+,37-35+,45-43+. The average molecular weight is 918 g/mol. The van der Waals surface area contributed by atoms with E-state index in [1.165, 1.54) is 167 Å². The van der Waals surface area contributed by atoms with Gasteiger partial charge < -0.3 is 40.3 Å². The third-order valence-corrected chi connectivity index (χ3v) is 12.9. The van der Waals surface area contributed by atoms with Crippen molar-refractivity contribution in [1.29, 1.82) is 0 Å². The van der Waals surface area contributed by atoms with E-state index in [1.54, 1.807) is 6.08 Å². The number of carbonyl (C=O) groups is 1. The van der Waals surface area contributed by atoms with Crippen LogP contribution in [0, 0.1) is 0 Å². The Kier molecular flexibility index (Phi) is 43.2. The van der Waals surface area contributed by atoms with Crippen LogP contribution >= 0.6 is 0 Å². The number of nitrogens with one attached hydrogen (secondary N) is 1. The van der Waals surface area contributed by atoms with Crippen LogP contribution in [-0.2, 0) is 14.3 Å². The number of amides is 1. The summed E-state index contributed by atoms with van der Waals surface area (Å²) in [6.45, 7) is 3.77. The zero-order chi connectivity index (χ0) is 47.3. The molecule has 1 aliphatic heterocycles. The van der Waals surface area contributed by atoms with Crippen molar-refractivity contribution >= 4 is 5.91 Å². The van der Waals surface area contributed by atoms with Gasteiger partial charge in [-0.25, -0.2) is 0 Å². The summed E-state index contributed by atoms with van der Waals surface area (Å²) in [5, 5.41) is 54.4. The third-order valence-electron chi connectivity index (χ3n) is 12.9. The number of hydrogen-bond acceptors (Lipinski definition) is 8. The second-order valence-corrected chi connectivity index (χ2v) is 19.0. The van der Waals surface area contributed by atoms with Crippen LogP contribution < -0.4 is 5.32 Å². The Labute approximate surface area is 399 Å². The van der Waals surface area contributed by atoms with E-state index in [0.29, 0.717) is 6.42 Å². The summed E-state index contributed by atoms with van der Waals surface area (Å²) >= 11 is 0. The molecule has 0 aromatic carbocycles. The van der Waals surface area contributed by atoms with Gasteiger partial charge in [0.25, 0.3) is 0 Å². The maximum atomic E-state index is 13.0. The third kappa shape index (κ3) is 35.9. The second-order valence-electron chi connectivity index (χ2n) is 19.0. The minimum atomic E-state index is -1.58. The number of aliphatic hydroxyl groups excluding tert-OH is 5. The molecule has 0 radical (unpaired) electrons. The van der Waals surface area contributed by atoms with Gasteiger partial charge in [0.1, 0.15) is 24.4 Å². The lowest BCUT2D eigenvalue weighted by molar-refractivity contribution is -0.302. The predicted octanol–water partition coefficient (Wildman–Crippen LogP) is 13.0. The Morgan fingerprint density at radius 3 is 1.29 bits per heavy atom. The largest absolute Gasteiger partial charge is 0.394 e. The molecule has 0 bridgehead atoms. The summed E-state index contributed by atoms with van der Waals surface area (Å²) in [7, 11) is 0. The highest BCUT2D eigenvalue weighted by Crippen LogP contribution is 2.23. The highest BCUT2D eigenvalue weighted by molar-refractivity contribution is 5.76. The molecule has 0 aromatic rings. The fourth-order valence-corrected chi connectivity index (χ4v) is 8.48. The van der Waals surface area contributed by atoms with E-state index >= 15 is 0 Å². The maximum absolute atomic E-state index is 13.0. The van der Waals surface area contributed by atoms with Crippen LogP contribution in [0.5, 0.6) is 0 Å². The normalized spacial score (nSPS) is 20.3. The lowest BCUT2D eigenvalue weighted by Gasteiger charge is -2.40. The highest BCUT2D eigenvalue weighted by Gasteiger charge is 2.44. The zero-order valence-electron chi connectivity index (χ0n) is 42.0. The fraction of sp³-hybridized carbons (Fsp3) is 0.839. The summed E-state index contributed by atoms with van der Waals surface area (Å²) in [6.07, 6.45) is 53.1. The molecule has 7 atom stereocenters. The minimum absolute atomic E-state index is 0.194. The van der Waals surface area contributed by atoms with Gasteiger partial charge >= 0.3 is 0 Å². The SMILES string of the molecule is CCCCCCCCCC/C=C\CCCCCCCCCC(=O)NC(COC1OC(CO)C(O)C(O)C1O)C(O)/C=C/CC/C=C/CC/C=C/CCCCCCCCCCCCCCC. The molecule has 9 nitrogen and oxygen atoms in total. The summed E-state index contributed by atoms with van der Waals surface area (Å²) in [5.74, 6) is -0.194. The quantitative estimate of drug-likeness (QED) is 0.0261. The van der Waals surface area contributed by atoms with Gasteiger partial charge in [0.05, 0.1) is 25.4 Å². The second kappa shape index (κ2) is 45.9. The Balaban J connectivity index is 2.31. The summed E-state index contributed by atoms with van der Waals surface area (Å²) in [5.41, 5.74) is 0. The summed E-state index contributed by atoms with van der Waals surface area (Å²) < 4.78 is 11.2. The van der Waals surface area contributed by atoms with Crippen molar-refractivity contribution in [2.45, 2.75) is 288 Å². The molecule has 9 heteroatoms. The summed E-state index contributed by atoms with van der Waals surface area (Å²) in [4.78, 5) is 13.0. The van der Waals surface area contributed by atoms with E-state index in [1.807, 2.05) is 6.08 Å². The Morgan fingerprint density at radius 2 is 0.877 bits per heavy atom. The van der Waals surface area contributed by atoms with Gasteiger partial charge in [-0.05, 0) is 70.6 Å². The lowest BCUT2D eigenvalue weighted by Crippen LogP contribution is -2.60. The van der Waals surface area contributed by atoms with E-state index in [-0.39, 0.29) is 12.5 Å². The van der Waals surface area contributed by atoms with Crippen molar-refractivity contribution in [3.05, 3.63) is 48.6 Å². The number of allylic oxidation sites excluding steroid dienone is 7. The number of hydrogen-bond donors (Lipinski definition) is 6. The van der Waals surface area contributed by atoms with E-state index in [9.17, 15) is 30.3 Å². The van der Waals surface area contributed by atoms with Crippen LogP contribution in [0.1, 0.15) is 245 Å². The molecule has 1 aliphatic rings. The van der Waals surface area contributed by atoms with Crippen molar-refractivity contribution in [2.24, 2.45) is 0 Å². The van der Waals surface area contributed by atoms with E-state index in [2.05, 4.69) is 55.6 Å². The molecule has 1 saturated heterocycles. The zero-order valence-corrected chi connectivity index (χ0v) is 42.0. The molecule has 6 N–H and O–H groups in total. The topological polar surface area (TPSA) is 149 Å². The molecule has 0 aliphatic carbocycles. The smallest absolute Gasteiger partial charge is 0.220 e.